The first-order chi connectivity index (χ1) is 16.1. The summed E-state index contributed by atoms with van der Waals surface area (Å²) in [7, 11) is 1.68. The summed E-state index contributed by atoms with van der Waals surface area (Å²) in [5.74, 6) is 0.822. The number of aliphatic hydroxyl groups is 1. The highest BCUT2D eigenvalue weighted by Crippen LogP contribution is 2.37. The number of piperidine rings is 1. The first-order valence-corrected chi connectivity index (χ1v) is 13.3. The van der Waals surface area contributed by atoms with E-state index in [9.17, 15) is 5.11 Å². The second-order valence-corrected chi connectivity index (χ2v) is 10.8. The van der Waals surface area contributed by atoms with Crippen LogP contribution in [0.15, 0.2) is 41.9 Å². The predicted molar refractivity (Wildman–Crippen MR) is 139 cm³/mol. The molecule has 33 heavy (non-hydrogen) atoms. The lowest BCUT2D eigenvalue weighted by molar-refractivity contribution is 0.0352. The monoisotopic (exact) mass is 486 g/mol. The van der Waals surface area contributed by atoms with Gasteiger partial charge in [-0.2, -0.15) is 0 Å². The van der Waals surface area contributed by atoms with Crippen LogP contribution in [0.3, 0.4) is 0 Å². The molecular formula is C27H35ClN2O2S. The molecule has 1 aliphatic heterocycles. The summed E-state index contributed by atoms with van der Waals surface area (Å²) >= 11 is 8.40. The number of unbranched alkanes of at least 4 members (excludes halogenated alkanes) is 1. The fourth-order valence-corrected chi connectivity index (χ4v) is 6.05. The zero-order valence-electron chi connectivity index (χ0n) is 19.6. The van der Waals surface area contributed by atoms with Crippen molar-refractivity contribution in [1.82, 2.24) is 9.88 Å². The average Bonchev–Trinajstić information content (AvgIpc) is 3.37. The van der Waals surface area contributed by atoms with E-state index in [-0.39, 0.29) is 12.0 Å². The number of fused-ring (bicyclic) bond motifs is 1. The van der Waals surface area contributed by atoms with Crippen molar-refractivity contribution in [2.45, 2.75) is 51.4 Å². The zero-order chi connectivity index (χ0) is 23.1. The number of benzene rings is 1. The largest absolute Gasteiger partial charge is 0.497 e. The van der Waals surface area contributed by atoms with Crippen LogP contribution in [0.5, 0.6) is 5.75 Å². The van der Waals surface area contributed by atoms with Crippen LogP contribution in [-0.4, -0.2) is 48.3 Å². The third-order valence-corrected chi connectivity index (χ3v) is 8.51. The quantitative estimate of drug-likeness (QED) is 0.319. The van der Waals surface area contributed by atoms with Gasteiger partial charge in [0.2, 0.25) is 0 Å². The number of hydrogen-bond donors (Lipinski definition) is 1. The number of thiophene rings is 1. The van der Waals surface area contributed by atoms with Gasteiger partial charge in [-0.05, 0) is 112 Å². The Morgan fingerprint density at radius 3 is 2.73 bits per heavy atom. The van der Waals surface area contributed by atoms with E-state index < -0.39 is 0 Å². The first kappa shape index (κ1) is 24.5. The van der Waals surface area contributed by atoms with Gasteiger partial charge in [-0.15, -0.1) is 11.3 Å². The molecule has 0 atom stereocenters. The third kappa shape index (κ3) is 6.27. The molecule has 1 fully saturated rings. The summed E-state index contributed by atoms with van der Waals surface area (Å²) in [5, 5.41) is 14.2. The summed E-state index contributed by atoms with van der Waals surface area (Å²) < 4.78 is 5.41. The van der Waals surface area contributed by atoms with Crippen LogP contribution in [-0.2, 0) is 12.8 Å². The van der Waals surface area contributed by atoms with Crippen molar-refractivity contribution in [2.24, 2.45) is 5.41 Å². The van der Waals surface area contributed by atoms with E-state index in [0.717, 1.165) is 67.4 Å². The molecule has 0 bridgehead atoms. The first-order valence-electron chi connectivity index (χ1n) is 12.1. The summed E-state index contributed by atoms with van der Waals surface area (Å²) in [6, 6.07) is 10.3. The molecule has 0 unspecified atom stereocenters. The minimum Gasteiger partial charge on any atom is -0.497 e. The standard InChI is InChI=1S/C27H35ClN2O2S/c1-32-21-9-10-26-24(18-21)23(25(28)19-29-26)8-4-11-27(20-31)12-15-30(16-13-27)14-3-2-6-22-7-5-17-33-22/h5,7,9-10,17-19,31H,2-4,6,8,11-16,20H2,1H3. The third-order valence-electron chi connectivity index (χ3n) is 7.25. The number of methoxy groups -OCH3 is 1. The van der Waals surface area contributed by atoms with Crippen molar-refractivity contribution in [1.29, 1.82) is 0 Å². The van der Waals surface area contributed by atoms with Gasteiger partial charge >= 0.3 is 0 Å². The van der Waals surface area contributed by atoms with E-state index >= 15 is 0 Å². The average molecular weight is 487 g/mol. The molecule has 0 aliphatic carbocycles. The van der Waals surface area contributed by atoms with E-state index in [2.05, 4.69) is 27.4 Å². The maximum atomic E-state index is 10.3. The molecule has 0 radical (unpaired) electrons. The Bertz CT molecular complexity index is 1020. The summed E-state index contributed by atoms with van der Waals surface area (Å²) in [5.41, 5.74) is 2.12. The van der Waals surface area contributed by atoms with E-state index in [4.69, 9.17) is 16.3 Å². The molecule has 6 heteroatoms. The summed E-state index contributed by atoms with van der Waals surface area (Å²) in [4.78, 5) is 8.54. The van der Waals surface area contributed by atoms with Crippen LogP contribution in [0.2, 0.25) is 5.02 Å². The van der Waals surface area contributed by atoms with Crippen LogP contribution >= 0.6 is 22.9 Å². The van der Waals surface area contributed by atoms with E-state index in [1.807, 2.05) is 29.5 Å². The number of hydrogen-bond acceptors (Lipinski definition) is 5. The Hall–Kier alpha value is -1.66. The number of aliphatic hydroxyl groups excluding tert-OH is 1. The molecular weight excluding hydrogens is 452 g/mol. The number of halogens is 1. The molecule has 1 N–H and O–H groups in total. The maximum absolute atomic E-state index is 10.3. The zero-order valence-corrected chi connectivity index (χ0v) is 21.1. The van der Waals surface area contributed by atoms with Crippen molar-refractivity contribution < 1.29 is 9.84 Å². The smallest absolute Gasteiger partial charge is 0.119 e. The van der Waals surface area contributed by atoms with Crippen molar-refractivity contribution in [2.75, 3.05) is 33.4 Å². The maximum Gasteiger partial charge on any atom is 0.119 e. The number of ether oxygens (including phenoxy) is 1. The van der Waals surface area contributed by atoms with Gasteiger partial charge in [-0.1, -0.05) is 17.7 Å². The van der Waals surface area contributed by atoms with Crippen molar-refractivity contribution in [3.63, 3.8) is 0 Å². The molecule has 178 valence electrons. The lowest BCUT2D eigenvalue weighted by Gasteiger charge is -2.41. The van der Waals surface area contributed by atoms with Crippen LogP contribution in [0.1, 0.15) is 49.0 Å². The fraction of sp³-hybridized carbons (Fsp3) is 0.519. The molecule has 2 aromatic heterocycles. The van der Waals surface area contributed by atoms with Crippen LogP contribution in [0.25, 0.3) is 10.9 Å². The SMILES string of the molecule is COc1ccc2ncc(Cl)c(CCCC3(CO)CCN(CCCCc4cccs4)CC3)c2c1. The fourth-order valence-electron chi connectivity index (χ4n) is 5.05. The second kappa shape index (κ2) is 11.7. The van der Waals surface area contributed by atoms with E-state index in [1.165, 1.54) is 30.7 Å². The number of aryl methyl sites for hydroxylation is 2. The minimum atomic E-state index is 0.0421. The molecule has 1 aliphatic rings. The van der Waals surface area contributed by atoms with Crippen molar-refractivity contribution in [3.05, 3.63) is 57.4 Å². The van der Waals surface area contributed by atoms with Gasteiger partial charge in [0.15, 0.2) is 0 Å². The predicted octanol–water partition coefficient (Wildman–Crippen LogP) is 6.38. The lowest BCUT2D eigenvalue weighted by Crippen LogP contribution is -2.42. The Kier molecular flexibility index (Phi) is 8.64. The number of pyridine rings is 1. The molecule has 4 nitrogen and oxygen atoms in total. The van der Waals surface area contributed by atoms with Gasteiger partial charge in [0.25, 0.3) is 0 Å². The van der Waals surface area contributed by atoms with Crippen LogP contribution < -0.4 is 4.74 Å². The topological polar surface area (TPSA) is 45.6 Å². The minimum absolute atomic E-state index is 0.0421. The van der Waals surface area contributed by atoms with Crippen LogP contribution in [0, 0.1) is 5.41 Å². The Balaban J connectivity index is 1.27. The van der Waals surface area contributed by atoms with Gasteiger partial charge in [-0.25, -0.2) is 0 Å². The highest BCUT2D eigenvalue weighted by molar-refractivity contribution is 7.09. The highest BCUT2D eigenvalue weighted by atomic mass is 35.5. The van der Waals surface area contributed by atoms with E-state index in [0.29, 0.717) is 5.02 Å². The normalized spacial score (nSPS) is 16.3. The van der Waals surface area contributed by atoms with E-state index in [1.54, 1.807) is 13.3 Å². The number of nitrogens with zero attached hydrogens (tertiary/aromatic N) is 2. The molecule has 4 rings (SSSR count). The number of likely N-dealkylation sites (tertiary alicyclic amines) is 1. The van der Waals surface area contributed by atoms with Gasteiger partial charge in [-0.3, -0.25) is 4.98 Å². The molecule has 3 aromatic rings. The van der Waals surface area contributed by atoms with Gasteiger partial charge in [0.05, 0.1) is 17.6 Å². The number of aromatic nitrogens is 1. The molecule has 1 saturated heterocycles. The summed E-state index contributed by atoms with van der Waals surface area (Å²) in [6.07, 6.45) is 10.5. The van der Waals surface area contributed by atoms with Gasteiger partial charge in [0, 0.05) is 23.1 Å². The summed E-state index contributed by atoms with van der Waals surface area (Å²) in [6.45, 7) is 3.64. The van der Waals surface area contributed by atoms with Crippen molar-refractivity contribution in [3.8, 4) is 5.75 Å². The Morgan fingerprint density at radius 1 is 1.15 bits per heavy atom. The molecule has 0 spiro atoms. The lowest BCUT2D eigenvalue weighted by atomic mass is 9.75. The molecule has 0 amide bonds. The van der Waals surface area contributed by atoms with Gasteiger partial charge < -0.3 is 14.7 Å². The Labute approximate surface area is 206 Å². The van der Waals surface area contributed by atoms with Crippen molar-refractivity contribution >= 4 is 33.8 Å². The highest BCUT2D eigenvalue weighted by Gasteiger charge is 2.33. The Morgan fingerprint density at radius 2 is 2.00 bits per heavy atom. The second-order valence-electron chi connectivity index (χ2n) is 9.36. The molecule has 0 saturated carbocycles. The van der Waals surface area contributed by atoms with Crippen LogP contribution in [0.4, 0.5) is 0 Å². The number of rotatable bonds is 11. The molecule has 3 heterocycles. The molecule has 1 aromatic carbocycles. The van der Waals surface area contributed by atoms with Gasteiger partial charge in [0.1, 0.15) is 5.75 Å².